The van der Waals surface area contributed by atoms with E-state index in [1.54, 1.807) is 4.90 Å². The summed E-state index contributed by atoms with van der Waals surface area (Å²) in [5.41, 5.74) is -0.643. The first kappa shape index (κ1) is 16.4. The molecule has 1 amide bonds. The molecule has 1 aliphatic rings. The molecule has 1 heterocycles. The summed E-state index contributed by atoms with van der Waals surface area (Å²) in [6.07, 6.45) is 0. The zero-order valence-electron chi connectivity index (χ0n) is 13.0. The fourth-order valence-corrected chi connectivity index (χ4v) is 2.24. The number of carbonyl (C=O) groups is 1. The van der Waals surface area contributed by atoms with Gasteiger partial charge in [0.2, 0.25) is 5.91 Å². The summed E-state index contributed by atoms with van der Waals surface area (Å²) >= 11 is 0. The average molecular weight is 271 g/mol. The van der Waals surface area contributed by atoms with Crippen molar-refractivity contribution in [1.29, 1.82) is 0 Å². The van der Waals surface area contributed by atoms with Crippen molar-refractivity contribution in [2.45, 2.75) is 39.3 Å². The third-order valence-electron chi connectivity index (χ3n) is 3.60. The van der Waals surface area contributed by atoms with Crippen molar-refractivity contribution in [3.8, 4) is 0 Å². The smallest absolute Gasteiger partial charge is 0.236 e. The molecule has 19 heavy (non-hydrogen) atoms. The van der Waals surface area contributed by atoms with Crippen LogP contribution in [0.25, 0.3) is 0 Å². The molecule has 1 rings (SSSR count). The van der Waals surface area contributed by atoms with Crippen LogP contribution in [0.15, 0.2) is 0 Å². The highest BCUT2D eigenvalue weighted by atomic mass is 16.3. The summed E-state index contributed by atoms with van der Waals surface area (Å²) in [6, 6.07) is 0.254. The Kier molecular flexibility index (Phi) is 5.77. The van der Waals surface area contributed by atoms with E-state index in [1.807, 2.05) is 34.7 Å². The Morgan fingerprint density at radius 3 is 2.11 bits per heavy atom. The highest BCUT2D eigenvalue weighted by Gasteiger charge is 2.24. The molecule has 5 nitrogen and oxygen atoms in total. The van der Waals surface area contributed by atoms with Crippen LogP contribution in [0.1, 0.15) is 27.7 Å². The lowest BCUT2D eigenvalue weighted by molar-refractivity contribution is -0.133. The SMILES string of the molecule is CC(C)N(C)C(=O)CN1CCN(CC(C)(C)O)CC1. The van der Waals surface area contributed by atoms with Crippen LogP contribution in [0.5, 0.6) is 0 Å². The fourth-order valence-electron chi connectivity index (χ4n) is 2.24. The van der Waals surface area contributed by atoms with Gasteiger partial charge in [-0.3, -0.25) is 14.6 Å². The molecule has 0 unspecified atom stereocenters. The van der Waals surface area contributed by atoms with E-state index in [4.69, 9.17) is 0 Å². The van der Waals surface area contributed by atoms with Gasteiger partial charge in [-0.1, -0.05) is 0 Å². The lowest BCUT2D eigenvalue weighted by atomic mass is 10.1. The van der Waals surface area contributed by atoms with E-state index in [1.165, 1.54) is 0 Å². The first-order valence-electron chi connectivity index (χ1n) is 7.12. The summed E-state index contributed by atoms with van der Waals surface area (Å²) in [4.78, 5) is 18.2. The second kappa shape index (κ2) is 6.68. The van der Waals surface area contributed by atoms with Crippen molar-refractivity contribution in [2.75, 3.05) is 46.3 Å². The van der Waals surface area contributed by atoms with Crippen molar-refractivity contribution in [1.82, 2.24) is 14.7 Å². The number of hydrogen-bond donors (Lipinski definition) is 1. The maximum Gasteiger partial charge on any atom is 0.236 e. The molecule has 0 bridgehead atoms. The van der Waals surface area contributed by atoms with Crippen molar-refractivity contribution < 1.29 is 9.90 Å². The van der Waals surface area contributed by atoms with Crippen LogP contribution in [-0.2, 0) is 4.79 Å². The molecule has 0 aromatic carbocycles. The van der Waals surface area contributed by atoms with Gasteiger partial charge in [-0.25, -0.2) is 0 Å². The van der Waals surface area contributed by atoms with Crippen LogP contribution in [0.2, 0.25) is 0 Å². The number of carbonyl (C=O) groups excluding carboxylic acids is 1. The van der Waals surface area contributed by atoms with Crippen LogP contribution >= 0.6 is 0 Å². The topological polar surface area (TPSA) is 47.0 Å². The molecule has 0 spiro atoms. The van der Waals surface area contributed by atoms with Gasteiger partial charge in [-0.05, 0) is 27.7 Å². The number of β-amino-alcohol motifs (C(OH)–C–C–N with tert-alkyl or cyclic N) is 1. The Morgan fingerprint density at radius 1 is 1.21 bits per heavy atom. The molecule has 0 atom stereocenters. The number of nitrogens with zero attached hydrogens (tertiary/aromatic N) is 3. The molecule has 1 aliphatic heterocycles. The van der Waals surface area contributed by atoms with Crippen LogP contribution in [0, 0.1) is 0 Å². The van der Waals surface area contributed by atoms with E-state index < -0.39 is 5.60 Å². The minimum atomic E-state index is -0.643. The number of rotatable bonds is 5. The molecule has 0 aliphatic carbocycles. The summed E-state index contributed by atoms with van der Waals surface area (Å²) in [5.74, 6) is 0.186. The average Bonchev–Trinajstić information content (AvgIpc) is 2.28. The van der Waals surface area contributed by atoms with Gasteiger partial charge >= 0.3 is 0 Å². The van der Waals surface area contributed by atoms with Gasteiger partial charge in [-0.2, -0.15) is 0 Å². The van der Waals surface area contributed by atoms with Crippen molar-refractivity contribution in [3.63, 3.8) is 0 Å². The minimum Gasteiger partial charge on any atom is -0.389 e. The van der Waals surface area contributed by atoms with E-state index in [9.17, 15) is 9.90 Å². The molecule has 1 saturated heterocycles. The molecular formula is C14H29N3O2. The molecule has 0 aromatic heterocycles. The largest absolute Gasteiger partial charge is 0.389 e. The van der Waals surface area contributed by atoms with Crippen molar-refractivity contribution >= 4 is 5.91 Å². The van der Waals surface area contributed by atoms with Crippen molar-refractivity contribution in [2.24, 2.45) is 0 Å². The lowest BCUT2D eigenvalue weighted by Gasteiger charge is -2.37. The van der Waals surface area contributed by atoms with Gasteiger partial charge in [-0.15, -0.1) is 0 Å². The quantitative estimate of drug-likeness (QED) is 0.778. The Hall–Kier alpha value is -0.650. The summed E-state index contributed by atoms with van der Waals surface area (Å²) in [5, 5.41) is 9.80. The van der Waals surface area contributed by atoms with E-state index >= 15 is 0 Å². The van der Waals surface area contributed by atoms with Crippen LogP contribution in [-0.4, -0.2) is 83.7 Å². The zero-order chi connectivity index (χ0) is 14.6. The second-order valence-corrected chi connectivity index (χ2v) is 6.46. The standard InChI is InChI=1S/C14H29N3O2/c1-12(2)15(5)13(18)10-16-6-8-17(9-7-16)11-14(3,4)19/h12,19H,6-11H2,1-5H3. The maximum atomic E-state index is 12.0. The number of hydrogen-bond acceptors (Lipinski definition) is 4. The highest BCUT2D eigenvalue weighted by molar-refractivity contribution is 5.78. The minimum absolute atomic E-state index is 0.186. The molecular weight excluding hydrogens is 242 g/mol. The van der Waals surface area contributed by atoms with Crippen LogP contribution < -0.4 is 0 Å². The Morgan fingerprint density at radius 2 is 1.68 bits per heavy atom. The highest BCUT2D eigenvalue weighted by Crippen LogP contribution is 2.09. The third kappa shape index (κ3) is 5.89. The van der Waals surface area contributed by atoms with Gasteiger partial charge in [0, 0.05) is 45.8 Å². The van der Waals surface area contributed by atoms with E-state index in [2.05, 4.69) is 9.80 Å². The van der Waals surface area contributed by atoms with Gasteiger partial charge in [0.25, 0.3) is 0 Å². The van der Waals surface area contributed by atoms with E-state index in [0.717, 1.165) is 26.2 Å². The van der Waals surface area contributed by atoms with E-state index in [0.29, 0.717) is 13.1 Å². The van der Waals surface area contributed by atoms with Gasteiger partial charge in [0.05, 0.1) is 12.1 Å². The number of piperazine rings is 1. The molecule has 1 N–H and O–H groups in total. The van der Waals surface area contributed by atoms with Gasteiger partial charge in [0.1, 0.15) is 0 Å². The van der Waals surface area contributed by atoms with E-state index in [-0.39, 0.29) is 11.9 Å². The second-order valence-electron chi connectivity index (χ2n) is 6.46. The fraction of sp³-hybridized carbons (Fsp3) is 0.929. The predicted octanol–water partition coefficient (Wildman–Crippen LogP) is 0.242. The summed E-state index contributed by atoms with van der Waals surface area (Å²) < 4.78 is 0. The van der Waals surface area contributed by atoms with Crippen molar-refractivity contribution in [3.05, 3.63) is 0 Å². The van der Waals surface area contributed by atoms with Gasteiger partial charge in [0.15, 0.2) is 0 Å². The molecule has 112 valence electrons. The first-order chi connectivity index (χ1) is 8.69. The summed E-state index contributed by atoms with van der Waals surface area (Å²) in [6.45, 7) is 12.6. The Labute approximate surface area is 117 Å². The molecule has 0 aromatic rings. The number of aliphatic hydroxyl groups is 1. The number of amides is 1. The molecule has 0 radical (unpaired) electrons. The summed E-state index contributed by atoms with van der Waals surface area (Å²) in [7, 11) is 1.86. The third-order valence-corrected chi connectivity index (χ3v) is 3.60. The Bertz CT molecular complexity index is 292. The molecule has 1 fully saturated rings. The Balaban J connectivity index is 2.32. The van der Waals surface area contributed by atoms with Gasteiger partial charge < -0.3 is 10.0 Å². The maximum absolute atomic E-state index is 12.0. The number of likely N-dealkylation sites (N-methyl/N-ethyl adjacent to an activating group) is 1. The lowest BCUT2D eigenvalue weighted by Crippen LogP contribution is -2.52. The zero-order valence-corrected chi connectivity index (χ0v) is 13.0. The molecule has 5 heteroatoms. The van der Waals surface area contributed by atoms with Crippen LogP contribution in [0.4, 0.5) is 0 Å². The predicted molar refractivity (Wildman–Crippen MR) is 77.1 cm³/mol. The first-order valence-corrected chi connectivity index (χ1v) is 7.12. The normalized spacial score (nSPS) is 18.9. The van der Waals surface area contributed by atoms with Crippen LogP contribution in [0.3, 0.4) is 0 Å². The monoisotopic (exact) mass is 271 g/mol. The molecule has 0 saturated carbocycles.